The van der Waals surface area contributed by atoms with Gasteiger partial charge in [0.15, 0.2) is 0 Å². The van der Waals surface area contributed by atoms with Gasteiger partial charge in [0.25, 0.3) is 0 Å². The molecule has 0 unspecified atom stereocenters. The topological polar surface area (TPSA) is 57.7 Å². The van der Waals surface area contributed by atoms with Crippen molar-refractivity contribution in [2.75, 3.05) is 11.6 Å². The zero-order valence-corrected chi connectivity index (χ0v) is 13.9. The second kappa shape index (κ2) is 5.45. The van der Waals surface area contributed by atoms with Gasteiger partial charge in [-0.3, -0.25) is 24.2 Å². The first-order valence-corrected chi connectivity index (χ1v) is 8.42. The number of allylic oxidation sites excluding steroid dienone is 2. The maximum absolute atomic E-state index is 12.8. The standard InChI is InChI=1S/C18H17ClN2O3/c1-10(22)20(14-4-2-3-13(19)8-14)9-21-17(23)15-11-5-6-12(7-11)16(15)18(21)24/h2-6,8,11-12,15-16H,7,9H2,1H3/t11-,12+,15-,16+. The van der Waals surface area contributed by atoms with Crippen LogP contribution < -0.4 is 4.90 Å². The monoisotopic (exact) mass is 344 g/mol. The molecule has 1 aliphatic heterocycles. The van der Waals surface area contributed by atoms with Crippen molar-refractivity contribution >= 4 is 35.0 Å². The number of hydrogen-bond acceptors (Lipinski definition) is 3. The lowest BCUT2D eigenvalue weighted by Gasteiger charge is -2.27. The van der Waals surface area contributed by atoms with Crippen LogP contribution in [0.1, 0.15) is 13.3 Å². The minimum absolute atomic E-state index is 0.0558. The number of carbonyl (C=O) groups is 3. The Morgan fingerprint density at radius 1 is 1.21 bits per heavy atom. The fourth-order valence-electron chi connectivity index (χ4n) is 4.25. The molecule has 3 aliphatic rings. The molecule has 4 rings (SSSR count). The highest BCUT2D eigenvalue weighted by Gasteiger charge is 2.59. The zero-order chi connectivity index (χ0) is 17.0. The summed E-state index contributed by atoms with van der Waals surface area (Å²) < 4.78 is 0. The minimum Gasteiger partial charge on any atom is -0.294 e. The Kier molecular flexibility index (Phi) is 3.49. The van der Waals surface area contributed by atoms with E-state index in [1.54, 1.807) is 24.3 Å². The molecule has 0 radical (unpaired) electrons. The first-order chi connectivity index (χ1) is 11.5. The Bertz CT molecular complexity index is 745. The van der Waals surface area contributed by atoms with E-state index in [0.29, 0.717) is 10.7 Å². The second-order valence-electron chi connectivity index (χ2n) is 6.67. The van der Waals surface area contributed by atoms with Gasteiger partial charge in [-0.15, -0.1) is 0 Å². The summed E-state index contributed by atoms with van der Waals surface area (Å²) in [4.78, 5) is 40.2. The Labute approximate surface area is 144 Å². The number of anilines is 1. The number of rotatable bonds is 3. The maximum atomic E-state index is 12.8. The Hall–Kier alpha value is -2.14. The highest BCUT2D eigenvalue weighted by atomic mass is 35.5. The van der Waals surface area contributed by atoms with Crippen LogP contribution >= 0.6 is 11.6 Å². The van der Waals surface area contributed by atoms with Gasteiger partial charge in [-0.25, -0.2) is 0 Å². The van der Waals surface area contributed by atoms with Gasteiger partial charge in [-0.05, 0) is 36.5 Å². The Morgan fingerprint density at radius 3 is 2.38 bits per heavy atom. The number of amides is 3. The first-order valence-electron chi connectivity index (χ1n) is 8.04. The highest BCUT2D eigenvalue weighted by Crippen LogP contribution is 2.52. The van der Waals surface area contributed by atoms with E-state index in [1.165, 1.54) is 16.7 Å². The summed E-state index contributed by atoms with van der Waals surface area (Å²) in [6.07, 6.45) is 5.01. The molecule has 0 spiro atoms. The first kappa shape index (κ1) is 15.4. The van der Waals surface area contributed by atoms with Crippen LogP contribution in [-0.2, 0) is 14.4 Å². The molecule has 5 nitrogen and oxygen atoms in total. The quantitative estimate of drug-likeness (QED) is 0.625. The van der Waals surface area contributed by atoms with Crippen molar-refractivity contribution in [3.05, 3.63) is 41.4 Å². The van der Waals surface area contributed by atoms with E-state index in [1.807, 2.05) is 0 Å². The molecule has 1 heterocycles. The number of halogens is 1. The molecular formula is C18H17ClN2O3. The van der Waals surface area contributed by atoms with Crippen molar-refractivity contribution in [3.63, 3.8) is 0 Å². The molecule has 6 heteroatoms. The van der Waals surface area contributed by atoms with Crippen molar-refractivity contribution in [1.82, 2.24) is 4.90 Å². The van der Waals surface area contributed by atoms with Gasteiger partial charge in [-0.2, -0.15) is 0 Å². The van der Waals surface area contributed by atoms with Crippen LogP contribution in [0.2, 0.25) is 5.02 Å². The van der Waals surface area contributed by atoms with Crippen molar-refractivity contribution in [2.24, 2.45) is 23.7 Å². The van der Waals surface area contributed by atoms with E-state index in [9.17, 15) is 14.4 Å². The molecule has 1 saturated carbocycles. The third-order valence-electron chi connectivity index (χ3n) is 5.34. The van der Waals surface area contributed by atoms with Crippen LogP contribution in [0.3, 0.4) is 0 Å². The third-order valence-corrected chi connectivity index (χ3v) is 5.58. The average Bonchev–Trinajstić information content (AvgIpc) is 3.20. The van der Waals surface area contributed by atoms with Crippen LogP contribution in [0.15, 0.2) is 36.4 Å². The van der Waals surface area contributed by atoms with E-state index in [0.717, 1.165) is 6.42 Å². The lowest BCUT2D eigenvalue weighted by Crippen LogP contribution is -2.44. The van der Waals surface area contributed by atoms with Crippen LogP contribution in [-0.4, -0.2) is 29.3 Å². The maximum Gasteiger partial charge on any atom is 0.235 e. The summed E-state index contributed by atoms with van der Waals surface area (Å²) in [5.41, 5.74) is 0.578. The van der Waals surface area contributed by atoms with Gasteiger partial charge in [0, 0.05) is 17.6 Å². The number of benzene rings is 1. The van der Waals surface area contributed by atoms with Crippen LogP contribution in [0.5, 0.6) is 0 Å². The van der Waals surface area contributed by atoms with Crippen molar-refractivity contribution in [2.45, 2.75) is 13.3 Å². The molecule has 1 saturated heterocycles. The van der Waals surface area contributed by atoms with Gasteiger partial charge in [0.1, 0.15) is 6.67 Å². The van der Waals surface area contributed by atoms with Gasteiger partial charge in [-0.1, -0.05) is 29.8 Å². The average molecular weight is 345 g/mol. The molecule has 124 valence electrons. The summed E-state index contributed by atoms with van der Waals surface area (Å²) >= 11 is 6.00. The van der Waals surface area contributed by atoms with E-state index in [-0.39, 0.29) is 48.1 Å². The van der Waals surface area contributed by atoms with Crippen molar-refractivity contribution < 1.29 is 14.4 Å². The number of fused-ring (bicyclic) bond motifs is 5. The Morgan fingerprint density at radius 2 is 1.83 bits per heavy atom. The van der Waals surface area contributed by atoms with Gasteiger partial charge in [0.2, 0.25) is 17.7 Å². The lowest BCUT2D eigenvalue weighted by molar-refractivity contribution is -0.140. The molecule has 0 aromatic heterocycles. The fourth-order valence-corrected chi connectivity index (χ4v) is 4.44. The Balaban J connectivity index is 1.61. The smallest absolute Gasteiger partial charge is 0.235 e. The number of nitrogens with zero attached hydrogens (tertiary/aromatic N) is 2. The summed E-state index contributed by atoms with van der Waals surface area (Å²) in [6.45, 7) is 1.36. The number of hydrogen-bond donors (Lipinski definition) is 0. The van der Waals surface area contributed by atoms with Crippen LogP contribution in [0.4, 0.5) is 5.69 Å². The van der Waals surface area contributed by atoms with Crippen molar-refractivity contribution in [3.8, 4) is 0 Å². The predicted octanol–water partition coefficient (Wildman–Crippen LogP) is 2.46. The minimum atomic E-state index is -0.249. The molecule has 3 amide bonds. The van der Waals surface area contributed by atoms with Crippen LogP contribution in [0.25, 0.3) is 0 Å². The molecule has 24 heavy (non-hydrogen) atoms. The number of imide groups is 1. The second-order valence-corrected chi connectivity index (χ2v) is 7.11. The van der Waals surface area contributed by atoms with E-state index in [4.69, 9.17) is 11.6 Å². The largest absolute Gasteiger partial charge is 0.294 e. The highest BCUT2D eigenvalue weighted by molar-refractivity contribution is 6.30. The van der Waals surface area contributed by atoms with Crippen LogP contribution in [0, 0.1) is 23.7 Å². The SMILES string of the molecule is CC(=O)N(CN1C(=O)[C@@H]2[C@H](C1=O)[C@@H]1C=C[C@H]2C1)c1cccc(Cl)c1. The lowest BCUT2D eigenvalue weighted by atomic mass is 9.85. The van der Waals surface area contributed by atoms with Gasteiger partial charge >= 0.3 is 0 Å². The number of likely N-dealkylation sites (tertiary alicyclic amines) is 1. The predicted molar refractivity (Wildman–Crippen MR) is 89.0 cm³/mol. The zero-order valence-electron chi connectivity index (χ0n) is 13.2. The van der Waals surface area contributed by atoms with E-state index >= 15 is 0 Å². The summed E-state index contributed by atoms with van der Waals surface area (Å²) in [7, 11) is 0. The normalized spacial score (nSPS) is 30.2. The molecule has 2 bridgehead atoms. The third kappa shape index (κ3) is 2.18. The van der Waals surface area contributed by atoms with Gasteiger partial charge < -0.3 is 0 Å². The summed E-state index contributed by atoms with van der Waals surface area (Å²) in [5, 5.41) is 0.497. The van der Waals surface area contributed by atoms with E-state index in [2.05, 4.69) is 12.2 Å². The van der Waals surface area contributed by atoms with E-state index < -0.39 is 0 Å². The fraction of sp³-hybridized carbons (Fsp3) is 0.389. The molecule has 2 fully saturated rings. The summed E-state index contributed by atoms with van der Waals surface area (Å²) in [6, 6.07) is 6.84. The molecule has 4 atom stereocenters. The van der Waals surface area contributed by atoms with Gasteiger partial charge in [0.05, 0.1) is 11.8 Å². The van der Waals surface area contributed by atoms with Crippen molar-refractivity contribution in [1.29, 1.82) is 0 Å². The molecule has 2 aliphatic carbocycles. The summed E-state index contributed by atoms with van der Waals surface area (Å²) in [5.74, 6) is -0.723. The molecule has 1 aromatic rings. The molecule has 0 N–H and O–H groups in total. The molecular weight excluding hydrogens is 328 g/mol. The number of carbonyl (C=O) groups excluding carboxylic acids is 3. The molecule has 1 aromatic carbocycles.